The maximum absolute atomic E-state index is 13.8. The van der Waals surface area contributed by atoms with Crippen molar-refractivity contribution in [2.24, 2.45) is 0 Å². The molecule has 3 rings (SSSR count). The highest BCUT2D eigenvalue weighted by atomic mass is 16.3. The SMILES string of the molecule is CCCN(C1CC(C)(C)NC(C)(C)C1)C1C(=O)C(=[N+](CCC)C2CC(C)(C)NC(C)(C)C2)C1[O-]. The van der Waals surface area contributed by atoms with Gasteiger partial charge in [-0.25, -0.2) is 4.58 Å². The van der Waals surface area contributed by atoms with Crippen LogP contribution >= 0.6 is 0 Å². The van der Waals surface area contributed by atoms with Gasteiger partial charge in [0, 0.05) is 47.5 Å². The standard InChI is InChI=1S/C28H52N4O2/c1-11-13-31(19-15-25(3,4)29-26(5,6)16-19)21-23(33)22(24(21)34)32(14-12-2)20-17-27(7,8)30-28(9,10)18-20/h19-21,23,29-30H,11-18H2,1-10H3. The van der Waals surface area contributed by atoms with Crippen molar-refractivity contribution in [1.29, 1.82) is 0 Å². The fourth-order valence-corrected chi connectivity index (χ4v) is 7.65. The first-order valence-electron chi connectivity index (χ1n) is 13.7. The van der Waals surface area contributed by atoms with Crippen LogP contribution in [0.5, 0.6) is 0 Å². The molecule has 2 aliphatic heterocycles. The zero-order chi connectivity index (χ0) is 25.7. The van der Waals surface area contributed by atoms with Gasteiger partial charge in [0.25, 0.3) is 0 Å². The fraction of sp³-hybridized carbons (Fsp3) is 0.929. The molecule has 2 atom stereocenters. The van der Waals surface area contributed by atoms with Crippen molar-refractivity contribution in [3.8, 4) is 0 Å². The minimum absolute atomic E-state index is 0.0172. The molecule has 0 bridgehead atoms. The summed E-state index contributed by atoms with van der Waals surface area (Å²) in [7, 11) is 0. The highest BCUT2D eigenvalue weighted by Crippen LogP contribution is 2.36. The summed E-state index contributed by atoms with van der Waals surface area (Å²) in [5.74, 6) is 0.0881. The van der Waals surface area contributed by atoms with E-state index in [0.717, 1.165) is 51.6 Å². The quantitative estimate of drug-likeness (QED) is 0.553. The largest absolute Gasteiger partial charge is 0.843 e. The lowest BCUT2D eigenvalue weighted by atomic mass is 9.75. The number of carbonyl (C=O) groups excluding carboxylic acids is 1. The number of nitrogens with one attached hydrogen (secondary N) is 2. The Balaban J connectivity index is 1.92. The Morgan fingerprint density at radius 3 is 1.74 bits per heavy atom. The maximum atomic E-state index is 13.8. The zero-order valence-electron chi connectivity index (χ0n) is 23.7. The van der Waals surface area contributed by atoms with Crippen LogP contribution in [0.2, 0.25) is 0 Å². The summed E-state index contributed by atoms with van der Waals surface area (Å²) < 4.78 is 2.22. The van der Waals surface area contributed by atoms with Crippen LogP contribution < -0.4 is 15.7 Å². The van der Waals surface area contributed by atoms with E-state index < -0.39 is 12.1 Å². The van der Waals surface area contributed by atoms with Gasteiger partial charge in [0.15, 0.2) is 6.04 Å². The number of rotatable bonds is 7. The molecule has 0 spiro atoms. The van der Waals surface area contributed by atoms with Crippen LogP contribution in [0.25, 0.3) is 0 Å². The van der Waals surface area contributed by atoms with Crippen molar-refractivity contribution in [3.05, 3.63) is 0 Å². The monoisotopic (exact) mass is 476 g/mol. The van der Waals surface area contributed by atoms with E-state index in [-0.39, 0.29) is 40.0 Å². The van der Waals surface area contributed by atoms with Gasteiger partial charge in [0.05, 0.1) is 6.04 Å². The first-order chi connectivity index (χ1) is 15.5. The van der Waals surface area contributed by atoms with Gasteiger partial charge in [0.1, 0.15) is 6.54 Å². The number of hydrogen-bond acceptors (Lipinski definition) is 5. The molecule has 196 valence electrons. The van der Waals surface area contributed by atoms with Crippen molar-refractivity contribution >= 4 is 11.5 Å². The third-order valence-electron chi connectivity index (χ3n) is 7.94. The van der Waals surface area contributed by atoms with Crippen molar-refractivity contribution in [2.45, 2.75) is 154 Å². The normalized spacial score (nSPS) is 32.5. The van der Waals surface area contributed by atoms with E-state index in [1.807, 2.05) is 0 Å². The van der Waals surface area contributed by atoms with Crippen LogP contribution in [0.15, 0.2) is 0 Å². The molecule has 0 radical (unpaired) electrons. The predicted octanol–water partition coefficient (Wildman–Crippen LogP) is 2.86. The summed E-state index contributed by atoms with van der Waals surface area (Å²) in [4.78, 5) is 16.1. The number of Topliss-reactive ketones (excluding diaryl/α,β-unsaturated/α-hetero) is 1. The molecule has 34 heavy (non-hydrogen) atoms. The predicted molar refractivity (Wildman–Crippen MR) is 139 cm³/mol. The van der Waals surface area contributed by atoms with Gasteiger partial charge in [-0.1, -0.05) is 13.8 Å². The minimum Gasteiger partial charge on any atom is -0.843 e. The summed E-state index contributed by atoms with van der Waals surface area (Å²) >= 11 is 0. The van der Waals surface area contributed by atoms with Crippen LogP contribution in [-0.4, -0.2) is 80.4 Å². The summed E-state index contributed by atoms with van der Waals surface area (Å²) in [6.07, 6.45) is 4.74. The Hall–Kier alpha value is -0.820. The molecule has 1 saturated carbocycles. The second-order valence-corrected chi connectivity index (χ2v) is 14.0. The smallest absolute Gasteiger partial charge is 0.236 e. The lowest BCUT2D eigenvalue weighted by molar-refractivity contribution is -0.583. The average Bonchev–Trinajstić information content (AvgIpc) is 2.62. The molecule has 2 N–H and O–H groups in total. The van der Waals surface area contributed by atoms with E-state index in [1.54, 1.807) is 0 Å². The average molecular weight is 477 g/mol. The van der Waals surface area contributed by atoms with Crippen molar-refractivity contribution in [1.82, 2.24) is 15.5 Å². The van der Waals surface area contributed by atoms with Gasteiger partial charge in [-0.3, -0.25) is 9.69 Å². The Morgan fingerprint density at radius 1 is 0.853 bits per heavy atom. The molecular formula is C28H52N4O2. The number of nitrogens with zero attached hydrogens (tertiary/aromatic N) is 2. The van der Waals surface area contributed by atoms with Gasteiger partial charge in [-0.15, -0.1) is 0 Å². The van der Waals surface area contributed by atoms with Crippen molar-refractivity contribution in [2.75, 3.05) is 13.1 Å². The molecule has 0 aromatic rings. The van der Waals surface area contributed by atoms with Crippen molar-refractivity contribution in [3.63, 3.8) is 0 Å². The van der Waals surface area contributed by atoms with Gasteiger partial charge in [-0.2, -0.15) is 0 Å². The summed E-state index contributed by atoms with van der Waals surface area (Å²) in [6, 6.07) is -0.0554. The lowest BCUT2D eigenvalue weighted by Gasteiger charge is -2.55. The Morgan fingerprint density at radius 2 is 1.32 bits per heavy atom. The van der Waals surface area contributed by atoms with Gasteiger partial charge in [0.2, 0.25) is 11.5 Å². The number of piperidine rings is 2. The number of carbonyl (C=O) groups is 1. The summed E-state index contributed by atoms with van der Waals surface area (Å²) in [6.45, 7) is 23.8. The fourth-order valence-electron chi connectivity index (χ4n) is 7.65. The van der Waals surface area contributed by atoms with Gasteiger partial charge >= 0.3 is 0 Å². The second kappa shape index (κ2) is 9.57. The Kier molecular flexibility index (Phi) is 7.81. The third-order valence-corrected chi connectivity index (χ3v) is 7.94. The summed E-state index contributed by atoms with van der Waals surface area (Å²) in [5.41, 5.74) is 0.473. The maximum Gasteiger partial charge on any atom is 0.236 e. The van der Waals surface area contributed by atoms with Crippen LogP contribution in [0, 0.1) is 0 Å². The van der Waals surface area contributed by atoms with Crippen LogP contribution in [0.1, 0.15) is 108 Å². The zero-order valence-corrected chi connectivity index (χ0v) is 23.7. The van der Waals surface area contributed by atoms with E-state index in [2.05, 4.69) is 89.3 Å². The molecule has 2 saturated heterocycles. The van der Waals surface area contributed by atoms with Crippen LogP contribution in [0.4, 0.5) is 0 Å². The molecule has 1 aliphatic carbocycles. The molecule has 0 aromatic carbocycles. The minimum atomic E-state index is -0.951. The molecule has 2 heterocycles. The van der Waals surface area contributed by atoms with E-state index in [4.69, 9.17) is 0 Å². The lowest BCUT2D eigenvalue weighted by Crippen LogP contribution is -2.76. The first kappa shape index (κ1) is 27.8. The second-order valence-electron chi connectivity index (χ2n) is 14.0. The Bertz CT molecular complexity index is 766. The third kappa shape index (κ3) is 5.93. The summed E-state index contributed by atoms with van der Waals surface area (Å²) in [5, 5.41) is 21.3. The number of hydrogen-bond donors (Lipinski definition) is 2. The molecule has 0 aromatic heterocycles. The molecular weight excluding hydrogens is 424 g/mol. The van der Waals surface area contributed by atoms with E-state index in [9.17, 15) is 9.90 Å². The van der Waals surface area contributed by atoms with Gasteiger partial charge < -0.3 is 15.7 Å². The Labute approximate surface area is 208 Å². The van der Waals surface area contributed by atoms with Gasteiger partial charge in [-0.05, 0) is 87.3 Å². The molecule has 3 aliphatic rings. The van der Waals surface area contributed by atoms with E-state index in [0.29, 0.717) is 5.71 Å². The topological polar surface area (TPSA) is 70.4 Å². The van der Waals surface area contributed by atoms with Crippen LogP contribution in [0.3, 0.4) is 0 Å². The number of ketones is 1. The molecule has 3 fully saturated rings. The highest BCUT2D eigenvalue weighted by molar-refractivity contribution is 6.48. The molecule has 0 amide bonds. The molecule has 6 heteroatoms. The van der Waals surface area contributed by atoms with Crippen molar-refractivity contribution < 1.29 is 14.5 Å². The van der Waals surface area contributed by atoms with Crippen LogP contribution in [-0.2, 0) is 4.79 Å². The van der Waals surface area contributed by atoms with E-state index in [1.165, 1.54) is 0 Å². The molecule has 2 unspecified atom stereocenters. The highest BCUT2D eigenvalue weighted by Gasteiger charge is 2.54. The first-order valence-corrected chi connectivity index (χ1v) is 13.7. The molecule has 6 nitrogen and oxygen atoms in total. The van der Waals surface area contributed by atoms with E-state index >= 15 is 0 Å².